The first-order chi connectivity index (χ1) is 14.3. The lowest BCUT2D eigenvalue weighted by Crippen LogP contribution is -2.29. The maximum absolute atomic E-state index is 10.4. The van der Waals surface area contributed by atoms with Crippen molar-refractivity contribution in [1.29, 1.82) is 0 Å². The first kappa shape index (κ1) is 31.6. The van der Waals surface area contributed by atoms with Crippen LogP contribution >= 0.6 is 0 Å². The Labute approximate surface area is 188 Å². The van der Waals surface area contributed by atoms with Crippen molar-refractivity contribution in [2.45, 2.75) is 155 Å². The maximum Gasteiger partial charge on any atom is 0.303 e. The molecule has 4 heteroatoms. The Morgan fingerprint density at radius 3 is 1.07 bits per heavy atom. The molecule has 0 saturated heterocycles. The van der Waals surface area contributed by atoms with Crippen molar-refractivity contribution in [1.82, 2.24) is 0 Å². The highest BCUT2D eigenvalue weighted by atomic mass is 16.4. The van der Waals surface area contributed by atoms with Crippen molar-refractivity contribution in [2.24, 2.45) is 5.73 Å². The molecule has 0 unspecified atom stereocenters. The van der Waals surface area contributed by atoms with Gasteiger partial charge in [0.2, 0.25) is 0 Å². The first-order valence-corrected chi connectivity index (χ1v) is 13.0. The maximum atomic E-state index is 10.4. The highest BCUT2D eigenvalue weighted by Crippen LogP contribution is 2.14. The van der Waals surface area contributed by atoms with E-state index in [9.17, 15) is 4.79 Å². The number of carboxylic acid groups (broad SMARTS) is 1. The van der Waals surface area contributed by atoms with Crippen LogP contribution in [0.25, 0.3) is 0 Å². The fraction of sp³-hybridized carbons (Fsp3) is 0.962. The van der Waals surface area contributed by atoms with Crippen molar-refractivity contribution >= 4 is 5.97 Å². The summed E-state index contributed by atoms with van der Waals surface area (Å²) in [5, 5.41) is 17.3. The zero-order chi connectivity index (χ0) is 22.9. The molecule has 182 valence electrons. The van der Waals surface area contributed by atoms with Gasteiger partial charge < -0.3 is 15.9 Å². The van der Waals surface area contributed by atoms with Gasteiger partial charge in [-0.3, -0.25) is 4.79 Å². The van der Waals surface area contributed by atoms with E-state index >= 15 is 0 Å². The predicted molar refractivity (Wildman–Crippen MR) is 131 cm³/mol. The third-order valence-corrected chi connectivity index (χ3v) is 5.49. The number of rotatable bonds is 21. The van der Waals surface area contributed by atoms with E-state index in [1.165, 1.54) is 109 Å². The van der Waals surface area contributed by atoms with E-state index < -0.39 is 11.6 Å². The SMILES string of the molecule is CC(C)(O)CN.CCCCCCCCCCCCCCCCCCCCCC(=O)O. The molecule has 0 aromatic carbocycles. The monoisotopic (exact) mass is 429 g/mol. The van der Waals surface area contributed by atoms with Crippen LogP contribution in [0.5, 0.6) is 0 Å². The Balaban J connectivity index is 0. The largest absolute Gasteiger partial charge is 0.481 e. The molecular formula is C26H55NO3. The number of aliphatic carboxylic acids is 1. The molecule has 0 atom stereocenters. The fourth-order valence-corrected chi connectivity index (χ4v) is 3.35. The lowest BCUT2D eigenvalue weighted by atomic mass is 10.0. The number of carbonyl (C=O) groups is 1. The molecule has 0 spiro atoms. The zero-order valence-electron chi connectivity index (χ0n) is 20.7. The number of hydrogen-bond donors (Lipinski definition) is 3. The molecule has 4 N–H and O–H groups in total. The summed E-state index contributed by atoms with van der Waals surface area (Å²) in [7, 11) is 0. The molecule has 0 heterocycles. The Hall–Kier alpha value is -0.610. The van der Waals surface area contributed by atoms with Gasteiger partial charge in [-0.1, -0.05) is 122 Å². The van der Waals surface area contributed by atoms with E-state index in [2.05, 4.69) is 6.92 Å². The fourth-order valence-electron chi connectivity index (χ4n) is 3.35. The summed E-state index contributed by atoms with van der Waals surface area (Å²) in [6.07, 6.45) is 26.1. The molecule has 4 nitrogen and oxygen atoms in total. The van der Waals surface area contributed by atoms with Crippen molar-refractivity contribution in [2.75, 3.05) is 6.54 Å². The van der Waals surface area contributed by atoms with Crippen LogP contribution in [0.4, 0.5) is 0 Å². The van der Waals surface area contributed by atoms with Gasteiger partial charge in [0.1, 0.15) is 0 Å². The van der Waals surface area contributed by atoms with Crippen LogP contribution in [-0.4, -0.2) is 28.3 Å². The van der Waals surface area contributed by atoms with Gasteiger partial charge in [-0.25, -0.2) is 0 Å². The van der Waals surface area contributed by atoms with Crippen molar-refractivity contribution in [3.8, 4) is 0 Å². The Morgan fingerprint density at radius 2 is 0.867 bits per heavy atom. The molecular weight excluding hydrogens is 374 g/mol. The van der Waals surface area contributed by atoms with Gasteiger partial charge in [-0.05, 0) is 20.3 Å². The van der Waals surface area contributed by atoms with Crippen molar-refractivity contribution < 1.29 is 15.0 Å². The van der Waals surface area contributed by atoms with Crippen LogP contribution in [-0.2, 0) is 4.79 Å². The summed E-state index contributed by atoms with van der Waals surface area (Å²) in [6, 6.07) is 0. The lowest BCUT2D eigenvalue weighted by Gasteiger charge is -2.11. The van der Waals surface area contributed by atoms with Crippen molar-refractivity contribution in [3.05, 3.63) is 0 Å². The van der Waals surface area contributed by atoms with Crippen LogP contribution < -0.4 is 5.73 Å². The predicted octanol–water partition coefficient (Wildman–Crippen LogP) is 7.61. The quantitative estimate of drug-likeness (QED) is 0.164. The van der Waals surface area contributed by atoms with Gasteiger partial charge in [0.05, 0.1) is 5.60 Å². The molecule has 30 heavy (non-hydrogen) atoms. The summed E-state index contributed by atoms with van der Waals surface area (Å²) >= 11 is 0. The van der Waals surface area contributed by atoms with E-state index in [1.54, 1.807) is 13.8 Å². The van der Waals surface area contributed by atoms with Gasteiger partial charge in [0.25, 0.3) is 0 Å². The smallest absolute Gasteiger partial charge is 0.303 e. The normalized spacial score (nSPS) is 11.2. The molecule has 0 aliphatic heterocycles. The second kappa shape index (κ2) is 24.7. The molecule has 0 bridgehead atoms. The average Bonchev–Trinajstić information content (AvgIpc) is 2.69. The molecule has 0 amide bonds. The third kappa shape index (κ3) is 34.9. The van der Waals surface area contributed by atoms with E-state index in [1.807, 2.05) is 0 Å². The molecule has 0 radical (unpaired) electrons. The van der Waals surface area contributed by atoms with Gasteiger partial charge in [0.15, 0.2) is 0 Å². The topological polar surface area (TPSA) is 83.5 Å². The number of unbranched alkanes of at least 4 members (excludes halogenated alkanes) is 18. The van der Waals surface area contributed by atoms with Gasteiger partial charge in [-0.15, -0.1) is 0 Å². The van der Waals surface area contributed by atoms with E-state index in [0.29, 0.717) is 13.0 Å². The van der Waals surface area contributed by atoms with Crippen LogP contribution in [0, 0.1) is 0 Å². The second-order valence-corrected chi connectivity index (χ2v) is 9.52. The molecule has 0 aliphatic rings. The highest BCUT2D eigenvalue weighted by molar-refractivity contribution is 5.66. The van der Waals surface area contributed by atoms with Gasteiger partial charge in [-0.2, -0.15) is 0 Å². The van der Waals surface area contributed by atoms with Crippen LogP contribution in [0.2, 0.25) is 0 Å². The van der Waals surface area contributed by atoms with Crippen molar-refractivity contribution in [3.63, 3.8) is 0 Å². The number of aliphatic hydroxyl groups is 1. The molecule has 0 fully saturated rings. The van der Waals surface area contributed by atoms with E-state index in [-0.39, 0.29) is 0 Å². The van der Waals surface area contributed by atoms with Gasteiger partial charge in [0, 0.05) is 13.0 Å². The van der Waals surface area contributed by atoms with Crippen LogP contribution in [0.15, 0.2) is 0 Å². The summed E-state index contributed by atoms with van der Waals surface area (Å²) in [4.78, 5) is 10.4. The summed E-state index contributed by atoms with van der Waals surface area (Å²) < 4.78 is 0. The zero-order valence-corrected chi connectivity index (χ0v) is 20.7. The Morgan fingerprint density at radius 1 is 0.633 bits per heavy atom. The number of carboxylic acids is 1. The number of nitrogens with two attached hydrogens (primary N) is 1. The minimum atomic E-state index is -0.681. The molecule has 0 aromatic rings. The summed E-state index contributed by atoms with van der Waals surface area (Å²) in [5.41, 5.74) is 4.38. The third-order valence-electron chi connectivity index (χ3n) is 5.49. The Bertz CT molecular complexity index is 340. The minimum Gasteiger partial charge on any atom is -0.481 e. The highest BCUT2D eigenvalue weighted by Gasteiger charge is 2.06. The van der Waals surface area contributed by atoms with Crippen LogP contribution in [0.1, 0.15) is 149 Å². The van der Waals surface area contributed by atoms with Crippen LogP contribution in [0.3, 0.4) is 0 Å². The van der Waals surface area contributed by atoms with E-state index in [0.717, 1.165) is 12.8 Å². The summed E-state index contributed by atoms with van der Waals surface area (Å²) in [6.45, 7) is 5.96. The van der Waals surface area contributed by atoms with E-state index in [4.69, 9.17) is 15.9 Å². The first-order valence-electron chi connectivity index (χ1n) is 13.0. The minimum absolute atomic E-state index is 0.326. The molecule has 0 aromatic heterocycles. The average molecular weight is 430 g/mol. The molecule has 0 saturated carbocycles. The Kier molecular flexibility index (Phi) is 26.0. The van der Waals surface area contributed by atoms with Gasteiger partial charge >= 0.3 is 5.97 Å². The second-order valence-electron chi connectivity index (χ2n) is 9.52. The lowest BCUT2D eigenvalue weighted by molar-refractivity contribution is -0.137. The molecule has 0 aliphatic carbocycles. The summed E-state index contributed by atoms with van der Waals surface area (Å²) in [5.74, 6) is -0.651. The molecule has 0 rings (SSSR count). The number of hydrogen-bond acceptors (Lipinski definition) is 3. The standard InChI is InChI=1S/C22H44O2.C4H11NO/c1-2-3-4-5-6-7-8-9-10-11-12-13-14-15-16-17-18-19-20-21-22(23)24;1-4(2,6)3-5/h2-21H2,1H3,(H,23,24);6H,3,5H2,1-2H3.